The van der Waals surface area contributed by atoms with E-state index in [0.29, 0.717) is 29.5 Å². The lowest BCUT2D eigenvalue weighted by Crippen LogP contribution is -2.51. The van der Waals surface area contributed by atoms with Crippen molar-refractivity contribution in [2.24, 2.45) is 0 Å². The minimum Gasteiger partial charge on any atom is -0.497 e. The second-order valence-electron chi connectivity index (χ2n) is 7.72. The Balaban J connectivity index is 1.90. The Bertz CT molecular complexity index is 1090. The van der Waals surface area contributed by atoms with Crippen LogP contribution >= 0.6 is 11.6 Å². The highest BCUT2D eigenvalue weighted by molar-refractivity contribution is 6.30. The Kier molecular flexibility index (Phi) is 9.35. The molecule has 0 aliphatic carbocycles. The fourth-order valence-corrected chi connectivity index (χ4v) is 3.78. The molecule has 0 fully saturated rings. The number of hydrogen-bond donors (Lipinski definition) is 1. The molecule has 6 nitrogen and oxygen atoms in total. The van der Waals surface area contributed by atoms with Gasteiger partial charge in [-0.25, -0.2) is 0 Å². The molecule has 3 aromatic rings. The van der Waals surface area contributed by atoms with Crippen molar-refractivity contribution in [3.63, 3.8) is 0 Å². The van der Waals surface area contributed by atoms with Gasteiger partial charge in [0.1, 0.15) is 17.5 Å². The first kappa shape index (κ1) is 25.1. The number of amides is 2. The molecule has 0 aliphatic heterocycles. The van der Waals surface area contributed by atoms with Crippen molar-refractivity contribution in [2.45, 2.75) is 25.9 Å². The van der Waals surface area contributed by atoms with E-state index < -0.39 is 6.04 Å². The predicted octanol–water partition coefficient (Wildman–Crippen LogP) is 4.50. The van der Waals surface area contributed by atoms with Crippen LogP contribution in [0.4, 0.5) is 0 Å². The number of nitrogens with zero attached hydrogens (tertiary/aromatic N) is 1. The molecular formula is C27H29ClN2O4. The van der Waals surface area contributed by atoms with Crippen molar-refractivity contribution >= 4 is 23.4 Å². The third-order valence-corrected chi connectivity index (χ3v) is 5.50. The van der Waals surface area contributed by atoms with Gasteiger partial charge in [0.2, 0.25) is 5.91 Å². The Morgan fingerprint density at radius 2 is 1.65 bits per heavy atom. The third kappa shape index (κ3) is 7.25. The molecule has 3 rings (SSSR count). The quantitative estimate of drug-likeness (QED) is 0.438. The van der Waals surface area contributed by atoms with E-state index >= 15 is 0 Å². The van der Waals surface area contributed by atoms with E-state index in [9.17, 15) is 9.59 Å². The number of methoxy groups -OCH3 is 1. The van der Waals surface area contributed by atoms with Gasteiger partial charge in [0, 0.05) is 24.5 Å². The molecule has 2 amide bonds. The summed E-state index contributed by atoms with van der Waals surface area (Å²) in [4.78, 5) is 28.2. The third-order valence-electron chi connectivity index (χ3n) is 5.27. The van der Waals surface area contributed by atoms with Gasteiger partial charge in [-0.15, -0.1) is 0 Å². The lowest BCUT2D eigenvalue weighted by Gasteiger charge is -2.31. The van der Waals surface area contributed by atoms with Gasteiger partial charge in [0.25, 0.3) is 5.91 Å². The first-order chi connectivity index (χ1) is 16.5. The first-order valence-electron chi connectivity index (χ1n) is 11.1. The van der Waals surface area contributed by atoms with E-state index in [1.807, 2.05) is 61.5 Å². The van der Waals surface area contributed by atoms with Crippen LogP contribution in [-0.2, 0) is 22.6 Å². The topological polar surface area (TPSA) is 67.9 Å². The molecule has 1 atom stereocenters. The Morgan fingerprint density at radius 3 is 2.35 bits per heavy atom. The van der Waals surface area contributed by atoms with E-state index in [1.165, 1.54) is 0 Å². The minimum absolute atomic E-state index is 0.217. The maximum absolute atomic E-state index is 13.5. The lowest BCUT2D eigenvalue weighted by molar-refractivity contribution is -0.142. The number of likely N-dealkylation sites (N-methyl/N-ethyl adjacent to an activating group) is 1. The van der Waals surface area contributed by atoms with Crippen LogP contribution in [0, 0.1) is 0 Å². The molecule has 0 spiro atoms. The summed E-state index contributed by atoms with van der Waals surface area (Å²) in [6.45, 7) is 2.32. The van der Waals surface area contributed by atoms with Crippen LogP contribution in [-0.4, -0.2) is 43.0 Å². The SMILES string of the molecule is CCNC(=O)C(Cc1ccccc1)N(Cc1cccc(OC)c1)C(=O)COc1cccc(Cl)c1. The maximum atomic E-state index is 13.5. The molecule has 1 unspecified atom stereocenters. The fraction of sp³-hybridized carbons (Fsp3) is 0.259. The van der Waals surface area contributed by atoms with Gasteiger partial charge >= 0.3 is 0 Å². The lowest BCUT2D eigenvalue weighted by atomic mass is 10.0. The normalized spacial score (nSPS) is 11.4. The highest BCUT2D eigenvalue weighted by Crippen LogP contribution is 2.20. The Morgan fingerprint density at radius 1 is 0.941 bits per heavy atom. The highest BCUT2D eigenvalue weighted by Gasteiger charge is 2.30. The smallest absolute Gasteiger partial charge is 0.261 e. The number of hydrogen-bond acceptors (Lipinski definition) is 4. The monoisotopic (exact) mass is 480 g/mol. The number of nitrogens with one attached hydrogen (secondary N) is 1. The summed E-state index contributed by atoms with van der Waals surface area (Å²) in [6.07, 6.45) is 0.375. The molecule has 0 radical (unpaired) electrons. The average molecular weight is 481 g/mol. The van der Waals surface area contributed by atoms with Crippen molar-refractivity contribution in [1.29, 1.82) is 0 Å². The van der Waals surface area contributed by atoms with E-state index in [1.54, 1.807) is 36.3 Å². The van der Waals surface area contributed by atoms with Crippen LogP contribution in [0.25, 0.3) is 0 Å². The molecule has 1 N–H and O–H groups in total. The average Bonchev–Trinajstić information content (AvgIpc) is 2.85. The summed E-state index contributed by atoms with van der Waals surface area (Å²) < 4.78 is 11.1. The van der Waals surface area contributed by atoms with Gasteiger partial charge in [-0.2, -0.15) is 0 Å². The van der Waals surface area contributed by atoms with E-state index in [2.05, 4.69) is 5.32 Å². The summed E-state index contributed by atoms with van der Waals surface area (Å²) in [5, 5.41) is 3.39. The van der Waals surface area contributed by atoms with Crippen molar-refractivity contribution < 1.29 is 19.1 Å². The van der Waals surface area contributed by atoms with Crippen LogP contribution in [0.5, 0.6) is 11.5 Å². The summed E-state index contributed by atoms with van der Waals surface area (Å²) in [5.74, 6) is 0.637. The number of rotatable bonds is 11. The van der Waals surface area contributed by atoms with Gasteiger partial charge in [-0.05, 0) is 48.4 Å². The largest absolute Gasteiger partial charge is 0.497 e. The Hall–Kier alpha value is -3.51. The van der Waals surface area contributed by atoms with Gasteiger partial charge < -0.3 is 19.7 Å². The molecule has 7 heteroatoms. The number of benzene rings is 3. The minimum atomic E-state index is -0.719. The molecule has 0 aliphatic rings. The maximum Gasteiger partial charge on any atom is 0.261 e. The van der Waals surface area contributed by atoms with Crippen molar-refractivity contribution in [2.75, 3.05) is 20.3 Å². The molecule has 178 valence electrons. The van der Waals surface area contributed by atoms with E-state index in [0.717, 1.165) is 11.1 Å². The zero-order valence-electron chi connectivity index (χ0n) is 19.4. The summed E-state index contributed by atoms with van der Waals surface area (Å²) in [5.41, 5.74) is 1.80. The highest BCUT2D eigenvalue weighted by atomic mass is 35.5. The zero-order valence-corrected chi connectivity index (χ0v) is 20.1. The number of carbonyl (C=O) groups is 2. The number of ether oxygens (including phenoxy) is 2. The number of halogens is 1. The molecule has 34 heavy (non-hydrogen) atoms. The van der Waals surface area contributed by atoms with Crippen molar-refractivity contribution in [3.05, 3.63) is 95.0 Å². The zero-order chi connectivity index (χ0) is 24.3. The van der Waals surface area contributed by atoms with Crippen LogP contribution in [0.1, 0.15) is 18.1 Å². The number of carbonyl (C=O) groups excluding carboxylic acids is 2. The van der Waals surface area contributed by atoms with Crippen LogP contribution in [0.2, 0.25) is 5.02 Å². The molecular weight excluding hydrogens is 452 g/mol. The predicted molar refractivity (Wildman–Crippen MR) is 133 cm³/mol. The molecule has 3 aromatic carbocycles. The van der Waals surface area contributed by atoms with Gasteiger partial charge in [0.05, 0.1) is 7.11 Å². The van der Waals surface area contributed by atoms with Crippen LogP contribution in [0.3, 0.4) is 0 Å². The van der Waals surface area contributed by atoms with E-state index in [4.69, 9.17) is 21.1 Å². The van der Waals surface area contributed by atoms with Crippen LogP contribution < -0.4 is 14.8 Å². The van der Waals surface area contributed by atoms with Crippen molar-refractivity contribution in [3.8, 4) is 11.5 Å². The molecule has 0 aromatic heterocycles. The van der Waals surface area contributed by atoms with Gasteiger partial charge in [0.15, 0.2) is 6.61 Å². The first-order valence-corrected chi connectivity index (χ1v) is 11.5. The summed E-state index contributed by atoms with van der Waals surface area (Å²) in [7, 11) is 1.59. The fourth-order valence-electron chi connectivity index (χ4n) is 3.60. The van der Waals surface area contributed by atoms with Gasteiger partial charge in [-0.1, -0.05) is 60.1 Å². The summed E-state index contributed by atoms with van der Waals surface area (Å²) in [6, 6.07) is 23.2. The van der Waals surface area contributed by atoms with Gasteiger partial charge in [-0.3, -0.25) is 9.59 Å². The Labute approximate surface area is 205 Å². The van der Waals surface area contributed by atoms with Crippen LogP contribution in [0.15, 0.2) is 78.9 Å². The molecule has 0 bridgehead atoms. The molecule has 0 saturated carbocycles. The second-order valence-corrected chi connectivity index (χ2v) is 8.16. The molecule has 0 saturated heterocycles. The standard InChI is InChI=1S/C27H29ClN2O4/c1-3-29-27(32)25(16-20-9-5-4-6-10-20)30(18-21-11-7-13-23(15-21)33-2)26(31)19-34-24-14-8-12-22(28)17-24/h4-15,17,25H,3,16,18-19H2,1-2H3,(H,29,32). The molecule has 0 heterocycles. The summed E-state index contributed by atoms with van der Waals surface area (Å²) >= 11 is 6.04. The van der Waals surface area contributed by atoms with E-state index in [-0.39, 0.29) is 25.0 Å². The van der Waals surface area contributed by atoms with Crippen molar-refractivity contribution in [1.82, 2.24) is 10.2 Å². The second kappa shape index (κ2) is 12.7.